The first-order valence-corrected chi connectivity index (χ1v) is 8.77. The van der Waals surface area contributed by atoms with Crippen molar-refractivity contribution in [2.45, 2.75) is 5.75 Å². The number of nitrogen functional groups attached to an aromatic ring is 1. The van der Waals surface area contributed by atoms with Crippen LogP contribution in [0.1, 0.15) is 5.56 Å². The first kappa shape index (κ1) is 14.5. The fraction of sp³-hybridized carbons (Fsp3) is 0.400. The quantitative estimate of drug-likeness (QED) is 0.829. The van der Waals surface area contributed by atoms with E-state index in [1.54, 1.807) is 18.2 Å². The minimum atomic E-state index is -3.07. The molecule has 1 rings (SSSR count). The van der Waals surface area contributed by atoms with Gasteiger partial charge in [0.05, 0.1) is 11.5 Å². The predicted molar refractivity (Wildman–Crippen MR) is 72.3 cm³/mol. The number of benzene rings is 1. The third-order valence-electron chi connectivity index (χ3n) is 2.08. The lowest BCUT2D eigenvalue weighted by atomic mass is 10.2. The van der Waals surface area contributed by atoms with Crippen molar-refractivity contribution in [1.29, 1.82) is 0 Å². The van der Waals surface area contributed by atoms with Gasteiger partial charge < -0.3 is 5.73 Å². The molecule has 1 aromatic rings. The van der Waals surface area contributed by atoms with Crippen molar-refractivity contribution in [2.24, 2.45) is 0 Å². The maximum absolute atomic E-state index is 11.7. The number of hydrogen-bond donors (Lipinski definition) is 1. The summed E-state index contributed by atoms with van der Waals surface area (Å²) in [5.74, 6) is 0.292. The Bertz CT molecular complexity index is 528. The number of rotatable bonds is 5. The Balaban J connectivity index is 2.62. The van der Waals surface area contributed by atoms with E-state index < -0.39 is 20.6 Å². The summed E-state index contributed by atoms with van der Waals surface area (Å²) in [4.78, 5) is 0. The van der Waals surface area contributed by atoms with E-state index in [9.17, 15) is 12.6 Å². The Morgan fingerprint density at radius 2 is 2.06 bits per heavy atom. The minimum absolute atomic E-state index is 0.0772. The van der Waals surface area contributed by atoms with E-state index in [0.29, 0.717) is 16.3 Å². The van der Waals surface area contributed by atoms with Crippen molar-refractivity contribution in [3.05, 3.63) is 28.8 Å². The molecule has 0 aliphatic carbocycles. The molecule has 1 atom stereocenters. The largest absolute Gasteiger partial charge is 0.399 e. The summed E-state index contributed by atoms with van der Waals surface area (Å²) < 4.78 is 33.5. The average molecular weight is 296 g/mol. The van der Waals surface area contributed by atoms with Crippen molar-refractivity contribution in [2.75, 3.05) is 23.5 Å². The molecule has 0 radical (unpaired) electrons. The van der Waals surface area contributed by atoms with E-state index in [4.69, 9.17) is 17.3 Å². The normalized spacial score (nSPS) is 13.5. The highest BCUT2D eigenvalue weighted by Gasteiger charge is 2.09. The summed E-state index contributed by atoms with van der Waals surface area (Å²) in [7, 11) is -4.31. The highest BCUT2D eigenvalue weighted by molar-refractivity contribution is 7.92. The number of sulfone groups is 1. The molecule has 17 heavy (non-hydrogen) atoms. The molecular formula is C10H14ClNO3S2. The lowest BCUT2D eigenvalue weighted by molar-refractivity contribution is 0.602. The van der Waals surface area contributed by atoms with E-state index in [1.165, 1.54) is 0 Å². The Kier molecular flexibility index (Phi) is 4.97. The zero-order valence-electron chi connectivity index (χ0n) is 9.35. The molecule has 0 heterocycles. The van der Waals surface area contributed by atoms with Gasteiger partial charge in [0.1, 0.15) is 9.84 Å². The van der Waals surface area contributed by atoms with Crippen LogP contribution in [0.2, 0.25) is 5.02 Å². The van der Waals surface area contributed by atoms with E-state index in [2.05, 4.69) is 0 Å². The van der Waals surface area contributed by atoms with Gasteiger partial charge in [-0.2, -0.15) is 0 Å². The topological polar surface area (TPSA) is 77.2 Å². The second-order valence-electron chi connectivity index (χ2n) is 3.77. The Morgan fingerprint density at radius 3 is 2.59 bits per heavy atom. The predicted octanol–water partition coefficient (Wildman–Crippen LogP) is 1.22. The summed E-state index contributed by atoms with van der Waals surface area (Å²) in [5.41, 5.74) is 6.79. The van der Waals surface area contributed by atoms with Crippen molar-refractivity contribution in [1.82, 2.24) is 0 Å². The van der Waals surface area contributed by atoms with Crippen molar-refractivity contribution >= 4 is 37.9 Å². The van der Waals surface area contributed by atoms with Gasteiger partial charge in [-0.05, 0) is 17.7 Å². The van der Waals surface area contributed by atoms with Crippen LogP contribution in [-0.2, 0) is 26.4 Å². The lowest BCUT2D eigenvalue weighted by Gasteiger charge is -2.05. The lowest BCUT2D eigenvalue weighted by Crippen LogP contribution is -2.12. The zero-order valence-corrected chi connectivity index (χ0v) is 11.7. The van der Waals surface area contributed by atoms with Crippen LogP contribution in [0.15, 0.2) is 18.2 Å². The molecule has 0 saturated carbocycles. The van der Waals surface area contributed by atoms with E-state index in [1.807, 2.05) is 0 Å². The summed E-state index contributed by atoms with van der Waals surface area (Å²) in [6.07, 6.45) is 1.13. The minimum Gasteiger partial charge on any atom is -0.399 e. The SMILES string of the molecule is CS(=O)(=O)CCS(=O)Cc1ccc(N)cc1Cl. The number of halogens is 1. The second kappa shape index (κ2) is 5.84. The standard InChI is InChI=1S/C10H14ClNO3S2/c1-17(14,15)5-4-16(13)7-8-2-3-9(12)6-10(8)11/h2-3,6H,4-5,7,12H2,1H3. The fourth-order valence-corrected chi connectivity index (χ4v) is 4.20. The van der Waals surface area contributed by atoms with Crippen molar-refractivity contribution in [3.63, 3.8) is 0 Å². The Morgan fingerprint density at radius 1 is 1.41 bits per heavy atom. The summed E-state index contributed by atoms with van der Waals surface area (Å²) >= 11 is 5.93. The maximum atomic E-state index is 11.7. The summed E-state index contributed by atoms with van der Waals surface area (Å²) in [6.45, 7) is 0. The summed E-state index contributed by atoms with van der Waals surface area (Å²) in [6, 6.07) is 4.97. The third kappa shape index (κ3) is 5.52. The molecule has 2 N–H and O–H groups in total. The molecule has 0 aliphatic rings. The molecule has 4 nitrogen and oxygen atoms in total. The maximum Gasteiger partial charge on any atom is 0.148 e. The average Bonchev–Trinajstić information content (AvgIpc) is 2.18. The molecule has 1 aromatic carbocycles. The molecule has 96 valence electrons. The molecule has 0 aliphatic heterocycles. The van der Waals surface area contributed by atoms with Crippen LogP contribution < -0.4 is 5.73 Å². The molecule has 0 fully saturated rings. The molecule has 0 saturated heterocycles. The molecule has 0 spiro atoms. The number of anilines is 1. The van der Waals surface area contributed by atoms with Crippen LogP contribution in [0.25, 0.3) is 0 Å². The molecular weight excluding hydrogens is 282 g/mol. The van der Waals surface area contributed by atoms with Crippen LogP contribution in [0.4, 0.5) is 5.69 Å². The Hall–Kier alpha value is -0.590. The number of nitrogens with two attached hydrogens (primary N) is 1. The first-order chi connectivity index (χ1) is 7.78. The fourth-order valence-electron chi connectivity index (χ4n) is 1.17. The van der Waals surface area contributed by atoms with Gasteiger partial charge in [-0.3, -0.25) is 4.21 Å². The van der Waals surface area contributed by atoms with Crippen LogP contribution in [0.3, 0.4) is 0 Å². The van der Waals surface area contributed by atoms with Crippen LogP contribution >= 0.6 is 11.6 Å². The highest BCUT2D eigenvalue weighted by Crippen LogP contribution is 2.20. The monoisotopic (exact) mass is 295 g/mol. The van der Waals surface area contributed by atoms with E-state index >= 15 is 0 Å². The van der Waals surface area contributed by atoms with E-state index in [0.717, 1.165) is 6.26 Å². The van der Waals surface area contributed by atoms with Gasteiger partial charge in [0.2, 0.25) is 0 Å². The van der Waals surface area contributed by atoms with Gasteiger partial charge in [0.15, 0.2) is 0 Å². The highest BCUT2D eigenvalue weighted by atomic mass is 35.5. The molecule has 0 bridgehead atoms. The Labute approximate surface area is 109 Å². The van der Waals surface area contributed by atoms with Gasteiger partial charge in [-0.15, -0.1) is 0 Å². The van der Waals surface area contributed by atoms with Gasteiger partial charge >= 0.3 is 0 Å². The van der Waals surface area contributed by atoms with Crippen LogP contribution in [0, 0.1) is 0 Å². The third-order valence-corrected chi connectivity index (χ3v) is 4.92. The number of hydrogen-bond acceptors (Lipinski definition) is 4. The molecule has 0 amide bonds. The zero-order chi connectivity index (χ0) is 13.1. The van der Waals surface area contributed by atoms with Gasteiger partial charge in [0, 0.05) is 33.5 Å². The molecule has 1 unspecified atom stereocenters. The first-order valence-electron chi connectivity index (χ1n) is 4.84. The molecule has 0 aromatic heterocycles. The van der Waals surface area contributed by atoms with E-state index in [-0.39, 0.29) is 17.3 Å². The van der Waals surface area contributed by atoms with Gasteiger partial charge in [-0.1, -0.05) is 17.7 Å². The van der Waals surface area contributed by atoms with Crippen LogP contribution in [-0.4, -0.2) is 30.4 Å². The van der Waals surface area contributed by atoms with Gasteiger partial charge in [-0.25, -0.2) is 8.42 Å². The van der Waals surface area contributed by atoms with Crippen molar-refractivity contribution in [3.8, 4) is 0 Å². The smallest absolute Gasteiger partial charge is 0.148 e. The molecule has 7 heteroatoms. The second-order valence-corrected chi connectivity index (χ2v) is 8.01. The van der Waals surface area contributed by atoms with Crippen molar-refractivity contribution < 1.29 is 12.6 Å². The summed E-state index contributed by atoms with van der Waals surface area (Å²) in [5, 5.41) is 0.456. The van der Waals surface area contributed by atoms with Gasteiger partial charge in [0.25, 0.3) is 0 Å². The van der Waals surface area contributed by atoms with Crippen LogP contribution in [0.5, 0.6) is 0 Å².